The number of ether oxygens (including phenoxy) is 3. The van der Waals surface area contributed by atoms with Gasteiger partial charge in [0.15, 0.2) is 5.78 Å². The molecule has 1 aromatic rings. The SMILES string of the molecule is COCC(C)CC(=O)c1ccc(OC)c(Br)c1OC. The molecule has 0 radical (unpaired) electrons. The van der Waals surface area contributed by atoms with E-state index in [1.54, 1.807) is 26.4 Å². The number of hydrogen-bond donors (Lipinski definition) is 0. The first-order valence-electron chi connectivity index (χ1n) is 5.97. The molecular weight excluding hydrogens is 312 g/mol. The van der Waals surface area contributed by atoms with Gasteiger partial charge >= 0.3 is 0 Å². The molecule has 1 rings (SSSR count). The Balaban J connectivity index is 3.00. The molecule has 0 saturated heterocycles. The van der Waals surface area contributed by atoms with Crippen LogP contribution in [0.5, 0.6) is 11.5 Å². The minimum Gasteiger partial charge on any atom is -0.495 e. The van der Waals surface area contributed by atoms with Crippen LogP contribution in [0.25, 0.3) is 0 Å². The summed E-state index contributed by atoms with van der Waals surface area (Å²) < 4.78 is 16.2. The van der Waals surface area contributed by atoms with E-state index < -0.39 is 0 Å². The summed E-state index contributed by atoms with van der Waals surface area (Å²) in [4.78, 5) is 12.3. The van der Waals surface area contributed by atoms with E-state index in [0.29, 0.717) is 34.6 Å². The second-order valence-electron chi connectivity index (χ2n) is 4.35. The van der Waals surface area contributed by atoms with Crippen LogP contribution in [0.3, 0.4) is 0 Å². The largest absolute Gasteiger partial charge is 0.495 e. The molecule has 5 heteroatoms. The maximum absolute atomic E-state index is 12.3. The molecule has 1 aromatic carbocycles. The molecule has 0 aliphatic carbocycles. The summed E-state index contributed by atoms with van der Waals surface area (Å²) in [5.74, 6) is 1.35. The molecule has 0 bridgehead atoms. The number of carbonyl (C=O) groups is 1. The molecule has 106 valence electrons. The molecule has 4 nitrogen and oxygen atoms in total. The first-order chi connectivity index (χ1) is 9.04. The van der Waals surface area contributed by atoms with Gasteiger partial charge in [0, 0.05) is 20.1 Å². The van der Waals surface area contributed by atoms with Gasteiger partial charge < -0.3 is 14.2 Å². The second kappa shape index (κ2) is 7.50. The van der Waals surface area contributed by atoms with E-state index in [1.165, 1.54) is 7.11 Å². The van der Waals surface area contributed by atoms with Crippen LogP contribution >= 0.6 is 15.9 Å². The van der Waals surface area contributed by atoms with E-state index in [0.717, 1.165) is 0 Å². The number of rotatable bonds is 7. The predicted octanol–water partition coefficient (Wildman–Crippen LogP) is 3.32. The average molecular weight is 331 g/mol. The van der Waals surface area contributed by atoms with Crippen LogP contribution in [-0.2, 0) is 4.74 Å². The van der Waals surface area contributed by atoms with E-state index in [2.05, 4.69) is 15.9 Å². The number of benzene rings is 1. The Morgan fingerprint density at radius 1 is 1.26 bits per heavy atom. The summed E-state index contributed by atoms with van der Waals surface area (Å²) in [5, 5.41) is 0. The number of hydrogen-bond acceptors (Lipinski definition) is 4. The zero-order chi connectivity index (χ0) is 14.4. The van der Waals surface area contributed by atoms with Gasteiger partial charge in [-0.25, -0.2) is 0 Å². The second-order valence-corrected chi connectivity index (χ2v) is 5.14. The molecular formula is C14H19BrO4. The molecule has 0 amide bonds. The predicted molar refractivity (Wildman–Crippen MR) is 77.2 cm³/mol. The first-order valence-corrected chi connectivity index (χ1v) is 6.77. The van der Waals surface area contributed by atoms with Crippen molar-refractivity contribution in [3.8, 4) is 11.5 Å². The third-order valence-electron chi connectivity index (χ3n) is 2.77. The molecule has 0 heterocycles. The molecule has 0 aromatic heterocycles. The van der Waals surface area contributed by atoms with E-state index >= 15 is 0 Å². The number of methoxy groups -OCH3 is 3. The first kappa shape index (κ1) is 16.0. The normalized spacial score (nSPS) is 12.1. The van der Waals surface area contributed by atoms with Gasteiger partial charge in [0.1, 0.15) is 16.0 Å². The van der Waals surface area contributed by atoms with Crippen molar-refractivity contribution in [2.75, 3.05) is 27.9 Å². The van der Waals surface area contributed by atoms with Crippen LogP contribution in [0, 0.1) is 5.92 Å². The summed E-state index contributed by atoms with van der Waals surface area (Å²) in [7, 11) is 4.74. The zero-order valence-corrected chi connectivity index (χ0v) is 13.2. The maximum atomic E-state index is 12.3. The fourth-order valence-electron chi connectivity index (χ4n) is 1.88. The van der Waals surface area contributed by atoms with Gasteiger partial charge in [0.05, 0.1) is 19.8 Å². The molecule has 0 aliphatic heterocycles. The van der Waals surface area contributed by atoms with Crippen LogP contribution in [0.4, 0.5) is 0 Å². The van der Waals surface area contributed by atoms with Gasteiger partial charge in [-0.3, -0.25) is 4.79 Å². The fraction of sp³-hybridized carbons (Fsp3) is 0.500. The van der Waals surface area contributed by atoms with Crippen molar-refractivity contribution in [3.05, 3.63) is 22.2 Å². The highest BCUT2D eigenvalue weighted by atomic mass is 79.9. The fourth-order valence-corrected chi connectivity index (χ4v) is 2.55. The Kier molecular flexibility index (Phi) is 6.31. The van der Waals surface area contributed by atoms with Crippen LogP contribution in [0.15, 0.2) is 16.6 Å². The van der Waals surface area contributed by atoms with Crippen LogP contribution in [0.1, 0.15) is 23.7 Å². The highest BCUT2D eigenvalue weighted by molar-refractivity contribution is 9.10. The lowest BCUT2D eigenvalue weighted by Gasteiger charge is -2.14. The quantitative estimate of drug-likeness (QED) is 0.719. The lowest BCUT2D eigenvalue weighted by Crippen LogP contribution is -2.12. The summed E-state index contributed by atoms with van der Waals surface area (Å²) in [6.07, 6.45) is 0.420. The standard InChI is InChI=1S/C14H19BrO4/c1-9(8-17-2)7-11(16)10-5-6-12(18-3)13(15)14(10)19-4/h5-6,9H,7-8H2,1-4H3. The number of Topliss-reactive ketones (excluding diaryl/α,β-unsaturated/α-hetero) is 1. The lowest BCUT2D eigenvalue weighted by atomic mass is 9.99. The summed E-state index contributed by atoms with van der Waals surface area (Å²) in [6.45, 7) is 2.54. The van der Waals surface area contributed by atoms with Crippen molar-refractivity contribution < 1.29 is 19.0 Å². The van der Waals surface area contributed by atoms with Gasteiger partial charge in [-0.15, -0.1) is 0 Å². The summed E-state index contributed by atoms with van der Waals surface area (Å²) >= 11 is 3.39. The highest BCUT2D eigenvalue weighted by Crippen LogP contribution is 2.37. The van der Waals surface area contributed by atoms with E-state index in [1.807, 2.05) is 6.92 Å². The molecule has 1 unspecified atom stereocenters. The van der Waals surface area contributed by atoms with E-state index in [4.69, 9.17) is 14.2 Å². The van der Waals surface area contributed by atoms with Crippen molar-refractivity contribution in [1.29, 1.82) is 0 Å². The minimum atomic E-state index is 0.0322. The van der Waals surface area contributed by atoms with Crippen molar-refractivity contribution in [2.45, 2.75) is 13.3 Å². The minimum absolute atomic E-state index is 0.0322. The van der Waals surface area contributed by atoms with Crippen molar-refractivity contribution in [2.24, 2.45) is 5.92 Å². The third-order valence-corrected chi connectivity index (χ3v) is 3.52. The molecule has 0 spiro atoms. The molecule has 1 atom stereocenters. The van der Waals surface area contributed by atoms with Crippen molar-refractivity contribution in [3.63, 3.8) is 0 Å². The Morgan fingerprint density at radius 3 is 2.47 bits per heavy atom. The molecule has 0 aliphatic rings. The third kappa shape index (κ3) is 3.94. The Hall–Kier alpha value is -1.07. The van der Waals surface area contributed by atoms with E-state index in [9.17, 15) is 4.79 Å². The van der Waals surface area contributed by atoms with Crippen molar-refractivity contribution in [1.82, 2.24) is 0 Å². The highest BCUT2D eigenvalue weighted by Gasteiger charge is 2.19. The monoisotopic (exact) mass is 330 g/mol. The van der Waals surface area contributed by atoms with Gasteiger partial charge in [-0.1, -0.05) is 6.92 Å². The Morgan fingerprint density at radius 2 is 1.95 bits per heavy atom. The molecule has 0 saturated carbocycles. The van der Waals surface area contributed by atoms with Crippen LogP contribution < -0.4 is 9.47 Å². The molecule has 0 fully saturated rings. The maximum Gasteiger partial charge on any atom is 0.166 e. The van der Waals surface area contributed by atoms with Gasteiger partial charge in [0.2, 0.25) is 0 Å². The van der Waals surface area contributed by atoms with Crippen molar-refractivity contribution >= 4 is 21.7 Å². The van der Waals surface area contributed by atoms with Gasteiger partial charge in [-0.05, 0) is 34.0 Å². The summed E-state index contributed by atoms with van der Waals surface area (Å²) in [6, 6.07) is 3.48. The molecule has 0 N–H and O–H groups in total. The van der Waals surface area contributed by atoms with Gasteiger partial charge in [0.25, 0.3) is 0 Å². The lowest BCUT2D eigenvalue weighted by molar-refractivity contribution is 0.0917. The number of carbonyl (C=O) groups excluding carboxylic acids is 1. The Labute approximate surface area is 122 Å². The number of ketones is 1. The number of halogens is 1. The average Bonchev–Trinajstić information content (AvgIpc) is 2.38. The van der Waals surface area contributed by atoms with Crippen LogP contribution in [-0.4, -0.2) is 33.7 Å². The van der Waals surface area contributed by atoms with Crippen LogP contribution in [0.2, 0.25) is 0 Å². The Bertz CT molecular complexity index is 445. The zero-order valence-electron chi connectivity index (χ0n) is 11.7. The topological polar surface area (TPSA) is 44.8 Å². The van der Waals surface area contributed by atoms with Gasteiger partial charge in [-0.2, -0.15) is 0 Å². The smallest absolute Gasteiger partial charge is 0.166 e. The summed E-state index contributed by atoms with van der Waals surface area (Å²) in [5.41, 5.74) is 0.554. The van der Waals surface area contributed by atoms with E-state index in [-0.39, 0.29) is 11.7 Å². The molecule has 19 heavy (non-hydrogen) atoms.